The molecule has 0 bridgehead atoms. The summed E-state index contributed by atoms with van der Waals surface area (Å²) in [5, 5.41) is 3.18. The number of aromatic nitrogens is 1. The van der Waals surface area contributed by atoms with Crippen molar-refractivity contribution in [3.05, 3.63) is 38.0 Å². The molecule has 1 saturated heterocycles. The van der Waals surface area contributed by atoms with Crippen molar-refractivity contribution in [1.29, 1.82) is 0 Å². The Kier molecular flexibility index (Phi) is 3.89. The fourth-order valence-corrected chi connectivity index (χ4v) is 4.45. The molecule has 106 valence electrons. The van der Waals surface area contributed by atoms with Gasteiger partial charge >= 0.3 is 0 Å². The molecule has 20 heavy (non-hydrogen) atoms. The quantitative estimate of drug-likeness (QED) is 0.844. The predicted molar refractivity (Wildman–Crippen MR) is 83.8 cm³/mol. The summed E-state index contributed by atoms with van der Waals surface area (Å²) in [5.41, 5.74) is 1.09. The summed E-state index contributed by atoms with van der Waals surface area (Å²) < 4.78 is 0. The van der Waals surface area contributed by atoms with Crippen LogP contribution in [0.5, 0.6) is 0 Å². The molecule has 0 spiro atoms. The molecular weight excluding hydrogens is 288 g/mol. The Labute approximate surface area is 127 Å². The molecule has 0 N–H and O–H groups in total. The van der Waals surface area contributed by atoms with Crippen LogP contribution >= 0.6 is 22.7 Å². The van der Waals surface area contributed by atoms with Crippen molar-refractivity contribution in [2.24, 2.45) is 0 Å². The standard InChI is InChI=1S/C15H18N2OS2/c1-10-5-7-19-13(10)15(18)17-6-3-4-12(9-17)14-16-8-11(2)20-14/h5,7-8,12H,3-4,6,9H2,1-2H3/t12-/m1/s1. The molecule has 3 rings (SSSR count). The van der Waals surface area contributed by atoms with Gasteiger partial charge in [0.05, 0.1) is 9.88 Å². The summed E-state index contributed by atoms with van der Waals surface area (Å²) in [4.78, 5) is 21.2. The monoisotopic (exact) mass is 306 g/mol. The smallest absolute Gasteiger partial charge is 0.264 e. The first kappa shape index (κ1) is 13.8. The van der Waals surface area contributed by atoms with Gasteiger partial charge in [0.2, 0.25) is 0 Å². The van der Waals surface area contributed by atoms with Crippen molar-refractivity contribution < 1.29 is 4.79 Å². The summed E-state index contributed by atoms with van der Waals surface area (Å²) in [7, 11) is 0. The van der Waals surface area contributed by atoms with Gasteiger partial charge in [-0.2, -0.15) is 0 Å². The van der Waals surface area contributed by atoms with E-state index in [1.54, 1.807) is 22.7 Å². The summed E-state index contributed by atoms with van der Waals surface area (Å²) in [6.07, 6.45) is 4.14. The van der Waals surface area contributed by atoms with Crippen LogP contribution in [0.2, 0.25) is 0 Å². The molecule has 2 aromatic rings. The minimum Gasteiger partial charge on any atom is -0.337 e. The van der Waals surface area contributed by atoms with Crippen LogP contribution in [0.25, 0.3) is 0 Å². The maximum atomic E-state index is 12.6. The van der Waals surface area contributed by atoms with Gasteiger partial charge in [-0.05, 0) is 43.7 Å². The van der Waals surface area contributed by atoms with E-state index in [9.17, 15) is 4.79 Å². The van der Waals surface area contributed by atoms with Crippen LogP contribution < -0.4 is 0 Å². The molecule has 1 aliphatic heterocycles. The molecule has 0 aliphatic carbocycles. The minimum absolute atomic E-state index is 0.190. The lowest BCUT2D eigenvalue weighted by Crippen LogP contribution is -2.39. The van der Waals surface area contributed by atoms with Gasteiger partial charge in [0.1, 0.15) is 0 Å². The maximum absolute atomic E-state index is 12.6. The van der Waals surface area contributed by atoms with E-state index in [4.69, 9.17) is 0 Å². The highest BCUT2D eigenvalue weighted by Crippen LogP contribution is 2.31. The van der Waals surface area contributed by atoms with Gasteiger partial charge in [-0.1, -0.05) is 0 Å². The molecule has 0 unspecified atom stereocenters. The number of amides is 1. The highest BCUT2D eigenvalue weighted by atomic mass is 32.1. The van der Waals surface area contributed by atoms with Gasteiger partial charge in [-0.15, -0.1) is 22.7 Å². The van der Waals surface area contributed by atoms with E-state index in [2.05, 4.69) is 11.9 Å². The SMILES string of the molecule is Cc1cnc([C@@H]2CCCN(C(=O)c3sccc3C)C2)s1. The van der Waals surface area contributed by atoms with Gasteiger partial charge in [-0.25, -0.2) is 4.98 Å². The van der Waals surface area contributed by atoms with Crippen LogP contribution in [0.15, 0.2) is 17.6 Å². The lowest BCUT2D eigenvalue weighted by Gasteiger charge is -2.31. The van der Waals surface area contributed by atoms with Crippen molar-refractivity contribution in [1.82, 2.24) is 9.88 Å². The summed E-state index contributed by atoms with van der Waals surface area (Å²) in [5.74, 6) is 0.599. The Morgan fingerprint density at radius 1 is 1.45 bits per heavy atom. The van der Waals surface area contributed by atoms with Gasteiger partial charge < -0.3 is 4.90 Å². The number of hydrogen-bond acceptors (Lipinski definition) is 4. The predicted octanol–water partition coefficient (Wildman–Crippen LogP) is 3.84. The number of thiophene rings is 1. The first-order chi connectivity index (χ1) is 9.65. The number of rotatable bonds is 2. The average Bonchev–Trinajstić information content (AvgIpc) is 3.07. The Balaban J connectivity index is 1.75. The molecule has 3 heterocycles. The number of thiazole rings is 1. The number of hydrogen-bond donors (Lipinski definition) is 0. The van der Waals surface area contributed by atoms with Crippen LogP contribution in [0, 0.1) is 13.8 Å². The first-order valence-electron chi connectivity index (χ1n) is 6.91. The second-order valence-electron chi connectivity index (χ2n) is 5.33. The highest BCUT2D eigenvalue weighted by molar-refractivity contribution is 7.12. The number of piperidine rings is 1. The van der Waals surface area contributed by atoms with E-state index in [1.165, 1.54) is 9.88 Å². The van der Waals surface area contributed by atoms with Crippen LogP contribution in [-0.4, -0.2) is 28.9 Å². The fraction of sp³-hybridized carbons (Fsp3) is 0.467. The normalized spacial score (nSPS) is 19.3. The van der Waals surface area contributed by atoms with Crippen LogP contribution in [0.3, 0.4) is 0 Å². The molecule has 0 aromatic carbocycles. The maximum Gasteiger partial charge on any atom is 0.264 e. The van der Waals surface area contributed by atoms with Gasteiger partial charge in [0.25, 0.3) is 5.91 Å². The Bertz CT molecular complexity index is 617. The van der Waals surface area contributed by atoms with Crippen LogP contribution in [0.1, 0.15) is 43.9 Å². The van der Waals surface area contributed by atoms with Crippen molar-refractivity contribution in [3.63, 3.8) is 0 Å². The number of carbonyl (C=O) groups excluding carboxylic acids is 1. The lowest BCUT2D eigenvalue weighted by atomic mass is 9.98. The molecular formula is C15H18N2OS2. The molecule has 0 radical (unpaired) electrons. The summed E-state index contributed by atoms with van der Waals surface area (Å²) in [6, 6.07) is 2.02. The molecule has 1 aliphatic rings. The largest absolute Gasteiger partial charge is 0.337 e. The topological polar surface area (TPSA) is 33.2 Å². The van der Waals surface area contributed by atoms with Crippen molar-refractivity contribution in [2.45, 2.75) is 32.6 Å². The van der Waals surface area contributed by atoms with Crippen LogP contribution in [0.4, 0.5) is 0 Å². The Hall–Kier alpha value is -1.20. The van der Waals surface area contributed by atoms with E-state index in [-0.39, 0.29) is 5.91 Å². The second-order valence-corrected chi connectivity index (χ2v) is 7.51. The third kappa shape index (κ3) is 2.65. The zero-order valence-corrected chi connectivity index (χ0v) is 13.4. The van der Waals surface area contributed by atoms with Crippen molar-refractivity contribution in [2.75, 3.05) is 13.1 Å². The second kappa shape index (κ2) is 5.66. The Morgan fingerprint density at radius 2 is 2.30 bits per heavy atom. The number of carbonyl (C=O) groups is 1. The number of nitrogens with zero attached hydrogens (tertiary/aromatic N) is 2. The molecule has 1 atom stereocenters. The molecule has 5 heteroatoms. The molecule has 0 saturated carbocycles. The van der Waals surface area contributed by atoms with Crippen molar-refractivity contribution in [3.8, 4) is 0 Å². The number of aryl methyl sites for hydroxylation is 2. The van der Waals surface area contributed by atoms with Gasteiger partial charge in [-0.3, -0.25) is 4.79 Å². The fourth-order valence-electron chi connectivity index (χ4n) is 2.66. The zero-order chi connectivity index (χ0) is 14.1. The molecule has 2 aromatic heterocycles. The van der Waals surface area contributed by atoms with E-state index >= 15 is 0 Å². The summed E-state index contributed by atoms with van der Waals surface area (Å²) in [6.45, 7) is 5.78. The van der Waals surface area contributed by atoms with E-state index < -0.39 is 0 Å². The zero-order valence-electron chi connectivity index (χ0n) is 11.8. The first-order valence-corrected chi connectivity index (χ1v) is 8.60. The Morgan fingerprint density at radius 3 is 2.95 bits per heavy atom. The third-order valence-electron chi connectivity index (χ3n) is 3.75. The van der Waals surface area contributed by atoms with E-state index in [0.717, 1.165) is 36.4 Å². The van der Waals surface area contributed by atoms with Gasteiger partial charge in [0, 0.05) is 30.1 Å². The average molecular weight is 306 g/mol. The van der Waals surface area contributed by atoms with Gasteiger partial charge in [0.15, 0.2) is 0 Å². The molecule has 1 fully saturated rings. The molecule has 1 amide bonds. The lowest BCUT2D eigenvalue weighted by molar-refractivity contribution is 0.0711. The minimum atomic E-state index is 0.190. The number of likely N-dealkylation sites (tertiary alicyclic amines) is 1. The van der Waals surface area contributed by atoms with Crippen LogP contribution in [-0.2, 0) is 0 Å². The third-order valence-corrected chi connectivity index (χ3v) is 5.83. The summed E-state index contributed by atoms with van der Waals surface area (Å²) >= 11 is 3.31. The van der Waals surface area contributed by atoms with E-state index in [1.807, 2.05) is 29.5 Å². The van der Waals surface area contributed by atoms with Crippen molar-refractivity contribution >= 4 is 28.6 Å². The highest BCUT2D eigenvalue weighted by Gasteiger charge is 2.28. The molecule has 3 nitrogen and oxygen atoms in total. The van der Waals surface area contributed by atoms with E-state index in [0.29, 0.717) is 5.92 Å².